The maximum absolute atomic E-state index is 12.6. The van der Waals surface area contributed by atoms with Gasteiger partial charge in [-0.1, -0.05) is 38.5 Å². The van der Waals surface area contributed by atoms with E-state index >= 15 is 0 Å². The number of rotatable bonds is 9. The Hall–Kier alpha value is -2.87. The molecule has 2 aromatic rings. The minimum Gasteiger partial charge on any atom is -0.480 e. The van der Waals surface area contributed by atoms with Gasteiger partial charge in [0.15, 0.2) is 0 Å². The lowest BCUT2D eigenvalue weighted by Gasteiger charge is -2.26. The number of amides is 2. The fraction of sp³-hybridized carbons (Fsp3) is 0.450. The van der Waals surface area contributed by atoms with E-state index in [1.165, 1.54) is 6.92 Å². The third kappa shape index (κ3) is 5.10. The highest BCUT2D eigenvalue weighted by Crippen LogP contribution is 2.19. The van der Waals surface area contributed by atoms with Gasteiger partial charge in [0.2, 0.25) is 11.8 Å². The lowest BCUT2D eigenvalue weighted by molar-refractivity contribution is -0.142. The van der Waals surface area contributed by atoms with Crippen LogP contribution in [0, 0.1) is 5.92 Å². The number of nitrogens with one attached hydrogen (secondary N) is 3. The van der Waals surface area contributed by atoms with Gasteiger partial charge >= 0.3 is 5.97 Å². The van der Waals surface area contributed by atoms with Crippen molar-refractivity contribution in [1.29, 1.82) is 0 Å². The number of fused-ring (bicyclic) bond motifs is 1. The first-order valence-electron chi connectivity index (χ1n) is 9.38. The summed E-state index contributed by atoms with van der Waals surface area (Å²) in [6.45, 7) is 5.09. The second-order valence-corrected chi connectivity index (χ2v) is 7.11. The second-order valence-electron chi connectivity index (χ2n) is 7.11. The number of hydrogen-bond donors (Lipinski definition) is 5. The number of carboxylic acids is 1. The molecule has 1 heterocycles. The van der Waals surface area contributed by atoms with E-state index in [1.54, 1.807) is 0 Å². The molecule has 0 radical (unpaired) electrons. The number of para-hydroxylation sites is 1. The van der Waals surface area contributed by atoms with Gasteiger partial charge in [0, 0.05) is 17.1 Å². The molecule has 0 spiro atoms. The third-order valence-electron chi connectivity index (χ3n) is 4.97. The molecule has 0 saturated heterocycles. The summed E-state index contributed by atoms with van der Waals surface area (Å²) in [6, 6.07) is 4.99. The molecule has 0 fully saturated rings. The summed E-state index contributed by atoms with van der Waals surface area (Å²) < 4.78 is 0. The normalized spacial score (nSPS) is 15.4. The van der Waals surface area contributed by atoms with E-state index in [2.05, 4.69) is 15.6 Å². The van der Waals surface area contributed by atoms with Crippen molar-refractivity contribution in [3.63, 3.8) is 0 Å². The SMILES string of the molecule is CC[C@H](C)[C@H](NC(=O)[C@@H](N)Cc1c[nH]c2ccccc12)C(=O)N[C@@H](C)C(=O)O. The predicted octanol–water partition coefficient (Wildman–Crippen LogP) is 1.16. The molecular formula is C20H28N4O4. The lowest BCUT2D eigenvalue weighted by atomic mass is 9.97. The highest BCUT2D eigenvalue weighted by molar-refractivity contribution is 5.92. The van der Waals surface area contributed by atoms with Crippen LogP contribution in [0.4, 0.5) is 0 Å². The Bertz CT molecular complexity index is 848. The molecule has 1 aromatic heterocycles. The molecule has 8 nitrogen and oxygen atoms in total. The zero-order chi connectivity index (χ0) is 20.8. The zero-order valence-corrected chi connectivity index (χ0v) is 16.4. The van der Waals surface area contributed by atoms with E-state index in [1.807, 2.05) is 44.3 Å². The first-order valence-corrected chi connectivity index (χ1v) is 9.38. The topological polar surface area (TPSA) is 137 Å². The average Bonchev–Trinajstić information content (AvgIpc) is 3.07. The van der Waals surface area contributed by atoms with Crippen LogP contribution in [0.15, 0.2) is 30.5 Å². The summed E-state index contributed by atoms with van der Waals surface area (Å²) in [5.74, 6) is -2.30. The van der Waals surface area contributed by atoms with Crippen molar-refractivity contribution in [2.75, 3.05) is 0 Å². The molecule has 6 N–H and O–H groups in total. The first kappa shape index (κ1) is 21.4. The highest BCUT2D eigenvalue weighted by atomic mass is 16.4. The van der Waals surface area contributed by atoms with Crippen molar-refractivity contribution in [3.05, 3.63) is 36.0 Å². The van der Waals surface area contributed by atoms with Crippen LogP contribution in [-0.2, 0) is 20.8 Å². The molecular weight excluding hydrogens is 360 g/mol. The van der Waals surface area contributed by atoms with Crippen LogP contribution >= 0.6 is 0 Å². The zero-order valence-electron chi connectivity index (χ0n) is 16.4. The van der Waals surface area contributed by atoms with E-state index in [9.17, 15) is 14.4 Å². The van der Waals surface area contributed by atoms with Gasteiger partial charge in [0.1, 0.15) is 12.1 Å². The number of benzene rings is 1. The average molecular weight is 388 g/mol. The highest BCUT2D eigenvalue weighted by Gasteiger charge is 2.29. The number of hydrogen-bond acceptors (Lipinski definition) is 4. The summed E-state index contributed by atoms with van der Waals surface area (Å²) >= 11 is 0. The van der Waals surface area contributed by atoms with Crippen LogP contribution in [-0.4, -0.2) is 46.0 Å². The molecule has 0 bridgehead atoms. The monoisotopic (exact) mass is 388 g/mol. The summed E-state index contributed by atoms with van der Waals surface area (Å²) in [4.78, 5) is 39.2. The quantitative estimate of drug-likeness (QED) is 0.439. The van der Waals surface area contributed by atoms with Crippen LogP contribution in [0.2, 0.25) is 0 Å². The fourth-order valence-electron chi connectivity index (χ4n) is 2.96. The second kappa shape index (κ2) is 9.36. The minimum atomic E-state index is -1.14. The Kier molecular flexibility index (Phi) is 7.17. The summed E-state index contributed by atoms with van der Waals surface area (Å²) in [5.41, 5.74) is 7.97. The van der Waals surface area contributed by atoms with E-state index in [-0.39, 0.29) is 5.92 Å². The van der Waals surface area contributed by atoms with Crippen molar-refractivity contribution >= 4 is 28.7 Å². The van der Waals surface area contributed by atoms with Gasteiger partial charge in [-0.15, -0.1) is 0 Å². The van der Waals surface area contributed by atoms with Crippen molar-refractivity contribution in [2.45, 2.75) is 51.7 Å². The Balaban J connectivity index is 2.07. The van der Waals surface area contributed by atoms with Crippen molar-refractivity contribution in [3.8, 4) is 0 Å². The maximum Gasteiger partial charge on any atom is 0.325 e. The minimum absolute atomic E-state index is 0.176. The third-order valence-corrected chi connectivity index (χ3v) is 4.97. The van der Waals surface area contributed by atoms with E-state index < -0.39 is 35.9 Å². The van der Waals surface area contributed by atoms with E-state index in [0.717, 1.165) is 16.5 Å². The first-order chi connectivity index (χ1) is 13.2. The van der Waals surface area contributed by atoms with Crippen LogP contribution in [0.1, 0.15) is 32.8 Å². The van der Waals surface area contributed by atoms with Gasteiger partial charge in [-0.05, 0) is 30.9 Å². The number of aliphatic carboxylic acids is 1. The molecule has 0 unspecified atom stereocenters. The summed E-state index contributed by atoms with van der Waals surface area (Å²) in [5, 5.41) is 15.1. The number of aromatic nitrogens is 1. The van der Waals surface area contributed by atoms with Gasteiger partial charge in [-0.25, -0.2) is 0 Å². The van der Waals surface area contributed by atoms with Crippen LogP contribution in [0.25, 0.3) is 10.9 Å². The Labute approximate surface area is 163 Å². The van der Waals surface area contributed by atoms with Crippen molar-refractivity contribution in [1.82, 2.24) is 15.6 Å². The van der Waals surface area contributed by atoms with Crippen LogP contribution in [0.3, 0.4) is 0 Å². The van der Waals surface area contributed by atoms with E-state index in [4.69, 9.17) is 10.8 Å². The van der Waals surface area contributed by atoms with Gasteiger partial charge in [0.25, 0.3) is 0 Å². The molecule has 4 atom stereocenters. The van der Waals surface area contributed by atoms with Gasteiger partial charge in [0.05, 0.1) is 6.04 Å². The van der Waals surface area contributed by atoms with Crippen molar-refractivity contribution < 1.29 is 19.5 Å². The van der Waals surface area contributed by atoms with Crippen molar-refractivity contribution in [2.24, 2.45) is 11.7 Å². The van der Waals surface area contributed by atoms with Crippen LogP contribution < -0.4 is 16.4 Å². The molecule has 2 rings (SSSR count). The number of nitrogens with two attached hydrogens (primary N) is 1. The number of aromatic amines is 1. The molecule has 28 heavy (non-hydrogen) atoms. The van der Waals surface area contributed by atoms with Gasteiger partial charge < -0.3 is 26.5 Å². The fourth-order valence-corrected chi connectivity index (χ4v) is 2.96. The standard InChI is InChI=1S/C20H28N4O4/c1-4-11(2)17(19(26)23-12(3)20(27)28)24-18(25)15(21)9-13-10-22-16-8-6-5-7-14(13)16/h5-8,10-12,15,17,22H,4,9,21H2,1-3H3,(H,23,26)(H,24,25)(H,27,28)/t11-,12-,15-,17-/m0/s1. The molecule has 1 aromatic carbocycles. The predicted molar refractivity (Wildman–Crippen MR) is 107 cm³/mol. The summed E-state index contributed by atoms with van der Waals surface area (Å²) in [6.07, 6.45) is 2.78. The molecule has 8 heteroatoms. The molecule has 0 saturated carbocycles. The number of carbonyl (C=O) groups excluding carboxylic acids is 2. The molecule has 0 aliphatic carbocycles. The Morgan fingerprint density at radius 2 is 1.82 bits per heavy atom. The lowest BCUT2D eigenvalue weighted by Crippen LogP contribution is -2.56. The maximum atomic E-state index is 12.6. The largest absolute Gasteiger partial charge is 0.480 e. The number of H-pyrrole nitrogens is 1. The van der Waals surface area contributed by atoms with E-state index in [0.29, 0.717) is 12.8 Å². The van der Waals surface area contributed by atoms with Crippen LogP contribution in [0.5, 0.6) is 0 Å². The molecule has 2 amide bonds. The van der Waals surface area contributed by atoms with Gasteiger partial charge in [-0.3, -0.25) is 14.4 Å². The Morgan fingerprint density at radius 3 is 2.46 bits per heavy atom. The molecule has 152 valence electrons. The van der Waals surface area contributed by atoms with Gasteiger partial charge in [-0.2, -0.15) is 0 Å². The molecule has 0 aliphatic rings. The summed E-state index contributed by atoms with van der Waals surface area (Å²) in [7, 11) is 0. The number of carboxylic acid groups (broad SMARTS) is 1. The Morgan fingerprint density at radius 1 is 1.14 bits per heavy atom. The smallest absolute Gasteiger partial charge is 0.325 e. The molecule has 0 aliphatic heterocycles. The number of carbonyl (C=O) groups is 3.